The molecule has 1 atom stereocenters. The van der Waals surface area contributed by atoms with E-state index in [4.69, 9.17) is 10.5 Å². The molecule has 0 radical (unpaired) electrons. The van der Waals surface area contributed by atoms with Crippen molar-refractivity contribution in [2.24, 2.45) is 5.73 Å². The minimum atomic E-state index is 0.156. The van der Waals surface area contributed by atoms with E-state index in [-0.39, 0.29) is 6.04 Å². The van der Waals surface area contributed by atoms with Gasteiger partial charge >= 0.3 is 0 Å². The minimum Gasteiger partial charge on any atom is -0.382 e. The standard InChI is InChI=1S/C8H15N3O/c1-7-3-4-11(10-7)8(5-9)6-12-2/h3-4,8H,5-6,9H2,1-2H3. The van der Waals surface area contributed by atoms with Gasteiger partial charge in [-0.3, -0.25) is 4.68 Å². The third kappa shape index (κ3) is 2.06. The number of methoxy groups -OCH3 is 1. The first-order chi connectivity index (χ1) is 5.77. The van der Waals surface area contributed by atoms with E-state index in [1.807, 2.05) is 23.9 Å². The fourth-order valence-electron chi connectivity index (χ4n) is 1.08. The van der Waals surface area contributed by atoms with Crippen LogP contribution in [-0.4, -0.2) is 30.0 Å². The van der Waals surface area contributed by atoms with E-state index in [9.17, 15) is 0 Å². The molecule has 1 aromatic heterocycles. The van der Waals surface area contributed by atoms with Crippen LogP contribution in [0, 0.1) is 6.92 Å². The van der Waals surface area contributed by atoms with Crippen molar-refractivity contribution < 1.29 is 4.74 Å². The van der Waals surface area contributed by atoms with Crippen LogP contribution in [0.15, 0.2) is 12.3 Å². The summed E-state index contributed by atoms with van der Waals surface area (Å²) in [7, 11) is 1.67. The van der Waals surface area contributed by atoms with Crippen molar-refractivity contribution in [3.05, 3.63) is 18.0 Å². The summed E-state index contributed by atoms with van der Waals surface area (Å²) in [5.74, 6) is 0. The van der Waals surface area contributed by atoms with E-state index < -0.39 is 0 Å². The molecule has 2 N–H and O–H groups in total. The smallest absolute Gasteiger partial charge is 0.0874 e. The van der Waals surface area contributed by atoms with E-state index in [2.05, 4.69) is 5.10 Å². The summed E-state index contributed by atoms with van der Waals surface area (Å²) in [6.45, 7) is 3.11. The molecule has 0 bridgehead atoms. The fraction of sp³-hybridized carbons (Fsp3) is 0.625. The number of hydrogen-bond donors (Lipinski definition) is 1. The highest BCUT2D eigenvalue weighted by Gasteiger charge is 2.08. The van der Waals surface area contributed by atoms with Gasteiger partial charge in [0.1, 0.15) is 0 Å². The van der Waals surface area contributed by atoms with Crippen molar-refractivity contribution in [3.63, 3.8) is 0 Å². The number of nitrogens with zero attached hydrogens (tertiary/aromatic N) is 2. The van der Waals surface area contributed by atoms with Gasteiger partial charge in [-0.2, -0.15) is 5.10 Å². The van der Waals surface area contributed by atoms with Crippen LogP contribution < -0.4 is 5.73 Å². The molecule has 0 aliphatic rings. The molecule has 0 spiro atoms. The zero-order chi connectivity index (χ0) is 8.97. The molecule has 0 saturated carbocycles. The summed E-state index contributed by atoms with van der Waals surface area (Å²) in [6, 6.07) is 2.11. The Labute approximate surface area is 72.3 Å². The molecule has 68 valence electrons. The molecular formula is C8H15N3O. The Bertz CT molecular complexity index is 234. The molecule has 0 aliphatic carbocycles. The molecule has 1 rings (SSSR count). The van der Waals surface area contributed by atoms with Crippen molar-refractivity contribution >= 4 is 0 Å². The zero-order valence-electron chi connectivity index (χ0n) is 7.53. The Morgan fingerprint density at radius 3 is 2.92 bits per heavy atom. The van der Waals surface area contributed by atoms with E-state index >= 15 is 0 Å². The molecule has 1 unspecified atom stereocenters. The van der Waals surface area contributed by atoms with Crippen LogP contribution in [0.5, 0.6) is 0 Å². The van der Waals surface area contributed by atoms with Crippen LogP contribution in [0.2, 0.25) is 0 Å². The van der Waals surface area contributed by atoms with Crippen LogP contribution in [0.25, 0.3) is 0 Å². The Hall–Kier alpha value is -0.870. The highest BCUT2D eigenvalue weighted by atomic mass is 16.5. The van der Waals surface area contributed by atoms with Gasteiger partial charge in [0.2, 0.25) is 0 Å². The number of aryl methyl sites for hydroxylation is 1. The third-order valence-corrected chi connectivity index (χ3v) is 1.75. The predicted octanol–water partition coefficient (Wildman–Crippen LogP) is 0.338. The van der Waals surface area contributed by atoms with E-state index in [1.54, 1.807) is 7.11 Å². The molecule has 1 heterocycles. The minimum absolute atomic E-state index is 0.156. The van der Waals surface area contributed by atoms with Gasteiger partial charge in [0.15, 0.2) is 0 Å². The molecule has 0 aromatic carbocycles. The topological polar surface area (TPSA) is 53.1 Å². The quantitative estimate of drug-likeness (QED) is 0.707. The molecule has 4 heteroatoms. The first-order valence-corrected chi connectivity index (χ1v) is 3.98. The molecule has 0 aliphatic heterocycles. The van der Waals surface area contributed by atoms with E-state index in [1.165, 1.54) is 0 Å². The van der Waals surface area contributed by atoms with Crippen molar-refractivity contribution in [2.75, 3.05) is 20.3 Å². The van der Waals surface area contributed by atoms with Crippen molar-refractivity contribution in [3.8, 4) is 0 Å². The molecule has 0 saturated heterocycles. The lowest BCUT2D eigenvalue weighted by atomic mass is 10.3. The lowest BCUT2D eigenvalue weighted by Crippen LogP contribution is -2.23. The van der Waals surface area contributed by atoms with E-state index in [0.717, 1.165) is 5.69 Å². The summed E-state index contributed by atoms with van der Waals surface area (Å²) < 4.78 is 6.86. The van der Waals surface area contributed by atoms with Gasteiger partial charge in [-0.25, -0.2) is 0 Å². The normalized spacial score (nSPS) is 13.2. The highest BCUT2D eigenvalue weighted by molar-refractivity contribution is 4.96. The van der Waals surface area contributed by atoms with Crippen molar-refractivity contribution in [2.45, 2.75) is 13.0 Å². The molecule has 0 amide bonds. The Morgan fingerprint density at radius 2 is 2.50 bits per heavy atom. The fourth-order valence-corrected chi connectivity index (χ4v) is 1.08. The Morgan fingerprint density at radius 1 is 1.75 bits per heavy atom. The molecule has 1 aromatic rings. The van der Waals surface area contributed by atoms with Gasteiger partial charge in [-0.15, -0.1) is 0 Å². The van der Waals surface area contributed by atoms with Crippen molar-refractivity contribution in [1.29, 1.82) is 0 Å². The maximum atomic E-state index is 5.56. The zero-order valence-corrected chi connectivity index (χ0v) is 7.53. The highest BCUT2D eigenvalue weighted by Crippen LogP contribution is 2.04. The lowest BCUT2D eigenvalue weighted by Gasteiger charge is -2.13. The van der Waals surface area contributed by atoms with Gasteiger partial charge in [-0.1, -0.05) is 0 Å². The lowest BCUT2D eigenvalue weighted by molar-refractivity contribution is 0.152. The average molecular weight is 169 g/mol. The Kier molecular flexibility index (Phi) is 3.25. The summed E-state index contributed by atoms with van der Waals surface area (Å²) in [5.41, 5.74) is 6.56. The van der Waals surface area contributed by atoms with Gasteiger partial charge in [0, 0.05) is 19.9 Å². The molecule has 12 heavy (non-hydrogen) atoms. The number of hydrogen-bond acceptors (Lipinski definition) is 3. The summed E-state index contributed by atoms with van der Waals surface area (Å²) >= 11 is 0. The maximum absolute atomic E-state index is 5.56. The maximum Gasteiger partial charge on any atom is 0.0874 e. The third-order valence-electron chi connectivity index (χ3n) is 1.75. The average Bonchev–Trinajstić information content (AvgIpc) is 2.47. The molecular weight excluding hydrogens is 154 g/mol. The number of ether oxygens (including phenoxy) is 1. The second-order valence-electron chi connectivity index (χ2n) is 2.78. The van der Waals surface area contributed by atoms with Gasteiger partial charge in [-0.05, 0) is 13.0 Å². The van der Waals surface area contributed by atoms with E-state index in [0.29, 0.717) is 13.2 Å². The van der Waals surface area contributed by atoms with Crippen LogP contribution in [-0.2, 0) is 4.74 Å². The first-order valence-electron chi connectivity index (χ1n) is 3.98. The second kappa shape index (κ2) is 4.23. The summed E-state index contributed by atoms with van der Waals surface area (Å²) in [6.07, 6.45) is 1.92. The summed E-state index contributed by atoms with van der Waals surface area (Å²) in [4.78, 5) is 0. The largest absolute Gasteiger partial charge is 0.382 e. The monoisotopic (exact) mass is 169 g/mol. The predicted molar refractivity (Wildman–Crippen MR) is 46.9 cm³/mol. The molecule has 0 fully saturated rings. The number of aromatic nitrogens is 2. The van der Waals surface area contributed by atoms with Gasteiger partial charge < -0.3 is 10.5 Å². The number of rotatable bonds is 4. The van der Waals surface area contributed by atoms with Crippen LogP contribution in [0.3, 0.4) is 0 Å². The Balaban J connectivity index is 2.66. The second-order valence-corrected chi connectivity index (χ2v) is 2.78. The van der Waals surface area contributed by atoms with Crippen LogP contribution in [0.4, 0.5) is 0 Å². The SMILES string of the molecule is COCC(CN)n1ccc(C)n1. The van der Waals surface area contributed by atoms with Crippen molar-refractivity contribution in [1.82, 2.24) is 9.78 Å². The van der Waals surface area contributed by atoms with Crippen LogP contribution in [0.1, 0.15) is 11.7 Å². The van der Waals surface area contributed by atoms with Gasteiger partial charge in [0.25, 0.3) is 0 Å². The number of nitrogens with two attached hydrogens (primary N) is 1. The first kappa shape index (κ1) is 9.22. The van der Waals surface area contributed by atoms with Crippen LogP contribution >= 0.6 is 0 Å². The summed E-state index contributed by atoms with van der Waals surface area (Å²) in [5, 5.41) is 4.26. The van der Waals surface area contributed by atoms with Gasteiger partial charge in [0.05, 0.1) is 18.3 Å². The molecule has 4 nitrogen and oxygen atoms in total.